The van der Waals surface area contributed by atoms with Gasteiger partial charge in [0.15, 0.2) is 0 Å². The van der Waals surface area contributed by atoms with Crippen LogP contribution in [0.1, 0.15) is 17.5 Å². The summed E-state index contributed by atoms with van der Waals surface area (Å²) in [5.41, 5.74) is 2.25. The number of amides is 1. The molecule has 0 radical (unpaired) electrons. The first-order valence-corrected chi connectivity index (χ1v) is 9.08. The van der Waals surface area contributed by atoms with Gasteiger partial charge < -0.3 is 14.8 Å². The summed E-state index contributed by atoms with van der Waals surface area (Å²) in [5.74, 6) is -0.0661. The van der Waals surface area contributed by atoms with E-state index in [1.165, 1.54) is 16.2 Å². The van der Waals surface area contributed by atoms with E-state index in [4.69, 9.17) is 0 Å². The summed E-state index contributed by atoms with van der Waals surface area (Å²) in [6.07, 6.45) is 2.99. The van der Waals surface area contributed by atoms with Gasteiger partial charge >= 0.3 is 0 Å². The van der Waals surface area contributed by atoms with Crippen molar-refractivity contribution in [3.63, 3.8) is 0 Å². The zero-order valence-electron chi connectivity index (χ0n) is 14.7. The predicted octanol–water partition coefficient (Wildman–Crippen LogP) is 2.42. The number of carbonyl (C=O) groups excluding carboxylic acids is 1. The van der Waals surface area contributed by atoms with Crippen LogP contribution in [-0.4, -0.2) is 36.0 Å². The van der Waals surface area contributed by atoms with Gasteiger partial charge in [0.25, 0.3) is 5.56 Å². The molecule has 0 atom stereocenters. The first kappa shape index (κ1) is 19.4. The molecule has 2 aromatic rings. The highest BCUT2D eigenvalue weighted by Gasteiger charge is 2.04. The highest BCUT2D eigenvalue weighted by atomic mass is 79.9. The van der Waals surface area contributed by atoms with Gasteiger partial charge in [0.1, 0.15) is 0 Å². The first-order chi connectivity index (χ1) is 11.9. The van der Waals surface area contributed by atoms with Crippen LogP contribution in [-0.2, 0) is 24.3 Å². The Labute approximate surface area is 156 Å². The van der Waals surface area contributed by atoms with Crippen LogP contribution in [0, 0.1) is 0 Å². The molecule has 134 valence electrons. The minimum atomic E-state index is -0.107. The maximum absolute atomic E-state index is 12.0. The van der Waals surface area contributed by atoms with E-state index in [9.17, 15) is 9.59 Å². The summed E-state index contributed by atoms with van der Waals surface area (Å²) in [5, 5.41) is 2.90. The molecule has 0 aliphatic carbocycles. The number of aryl methyl sites for hydroxylation is 1. The average molecular weight is 406 g/mol. The Balaban J connectivity index is 1.78. The van der Waals surface area contributed by atoms with Crippen molar-refractivity contribution in [3.05, 3.63) is 68.5 Å². The molecule has 1 aromatic heterocycles. The summed E-state index contributed by atoms with van der Waals surface area (Å²) in [6, 6.07) is 11.5. The van der Waals surface area contributed by atoms with Gasteiger partial charge in [0.2, 0.25) is 5.91 Å². The lowest BCUT2D eigenvalue weighted by Gasteiger charge is -2.10. The molecule has 0 saturated heterocycles. The van der Waals surface area contributed by atoms with E-state index in [1.54, 1.807) is 12.3 Å². The quantitative estimate of drug-likeness (QED) is 0.733. The summed E-state index contributed by atoms with van der Waals surface area (Å²) < 4.78 is 2.35. The smallest absolute Gasteiger partial charge is 0.250 e. The van der Waals surface area contributed by atoms with Crippen molar-refractivity contribution < 1.29 is 4.79 Å². The molecule has 0 bridgehead atoms. The third-order valence-electron chi connectivity index (χ3n) is 3.89. The Morgan fingerprint density at radius 1 is 1.12 bits per heavy atom. The molecule has 6 heteroatoms. The SMILES string of the molecule is CN(C)CCc1ccc(CNC(=O)CCn2cc(Br)ccc2=O)cc1. The average Bonchev–Trinajstić information content (AvgIpc) is 2.59. The van der Waals surface area contributed by atoms with E-state index in [0.29, 0.717) is 13.1 Å². The fourth-order valence-electron chi connectivity index (χ4n) is 2.36. The van der Waals surface area contributed by atoms with Crippen molar-refractivity contribution >= 4 is 21.8 Å². The number of likely N-dealkylation sites (N-methyl/N-ethyl adjacent to an activating group) is 1. The highest BCUT2D eigenvalue weighted by Crippen LogP contribution is 2.07. The second-order valence-electron chi connectivity index (χ2n) is 6.28. The number of aromatic nitrogens is 1. The molecular weight excluding hydrogens is 382 g/mol. The number of hydrogen-bond donors (Lipinski definition) is 1. The zero-order chi connectivity index (χ0) is 18.2. The molecule has 2 rings (SSSR count). The van der Waals surface area contributed by atoms with Crippen molar-refractivity contribution in [2.45, 2.75) is 25.9 Å². The maximum Gasteiger partial charge on any atom is 0.250 e. The maximum atomic E-state index is 12.0. The van der Waals surface area contributed by atoms with E-state index in [0.717, 1.165) is 23.0 Å². The lowest BCUT2D eigenvalue weighted by molar-refractivity contribution is -0.121. The lowest BCUT2D eigenvalue weighted by atomic mass is 10.1. The molecule has 1 amide bonds. The minimum Gasteiger partial charge on any atom is -0.352 e. The van der Waals surface area contributed by atoms with Crippen LogP contribution in [0.3, 0.4) is 0 Å². The van der Waals surface area contributed by atoms with Crippen LogP contribution < -0.4 is 10.9 Å². The fourth-order valence-corrected chi connectivity index (χ4v) is 2.74. The molecular formula is C19H24BrN3O2. The normalized spacial score (nSPS) is 10.9. The topological polar surface area (TPSA) is 54.3 Å². The zero-order valence-corrected chi connectivity index (χ0v) is 16.3. The standard InChI is InChI=1S/C19H24BrN3O2/c1-22(2)11-9-15-3-5-16(6-4-15)13-21-18(24)10-12-23-14-17(20)7-8-19(23)25/h3-8,14H,9-13H2,1-2H3,(H,21,24). The molecule has 0 aliphatic heterocycles. The van der Waals surface area contributed by atoms with Gasteiger partial charge in [-0.1, -0.05) is 24.3 Å². The third kappa shape index (κ3) is 6.84. The van der Waals surface area contributed by atoms with Gasteiger partial charge in [-0.15, -0.1) is 0 Å². The van der Waals surface area contributed by atoms with Crippen molar-refractivity contribution in [1.29, 1.82) is 0 Å². The van der Waals surface area contributed by atoms with Crippen molar-refractivity contribution in [2.24, 2.45) is 0 Å². The van der Waals surface area contributed by atoms with Crippen LogP contribution in [0.5, 0.6) is 0 Å². The second kappa shape index (κ2) is 9.53. The van der Waals surface area contributed by atoms with Gasteiger partial charge in [0.05, 0.1) is 0 Å². The minimum absolute atomic E-state index is 0.0661. The largest absolute Gasteiger partial charge is 0.352 e. The molecule has 0 unspecified atom stereocenters. The predicted molar refractivity (Wildman–Crippen MR) is 104 cm³/mol. The summed E-state index contributed by atoms with van der Waals surface area (Å²) in [4.78, 5) is 25.8. The van der Waals surface area contributed by atoms with Gasteiger partial charge in [-0.25, -0.2) is 0 Å². The molecule has 25 heavy (non-hydrogen) atoms. The number of benzene rings is 1. The lowest BCUT2D eigenvalue weighted by Crippen LogP contribution is -2.26. The Morgan fingerprint density at radius 3 is 2.48 bits per heavy atom. The number of carbonyl (C=O) groups is 1. The molecule has 0 fully saturated rings. The van der Waals surface area contributed by atoms with Crippen LogP contribution in [0.4, 0.5) is 0 Å². The summed E-state index contributed by atoms with van der Waals surface area (Å²) in [6.45, 7) is 1.89. The summed E-state index contributed by atoms with van der Waals surface area (Å²) >= 11 is 3.33. The van der Waals surface area contributed by atoms with E-state index in [-0.39, 0.29) is 17.9 Å². The Hall–Kier alpha value is -1.92. The first-order valence-electron chi connectivity index (χ1n) is 8.29. The van der Waals surface area contributed by atoms with E-state index in [1.807, 2.05) is 12.1 Å². The van der Waals surface area contributed by atoms with Crippen molar-refractivity contribution in [2.75, 3.05) is 20.6 Å². The van der Waals surface area contributed by atoms with Crippen LogP contribution in [0.2, 0.25) is 0 Å². The molecule has 0 aliphatic rings. The Bertz CT molecular complexity index is 754. The Morgan fingerprint density at radius 2 is 1.80 bits per heavy atom. The number of rotatable bonds is 8. The van der Waals surface area contributed by atoms with Crippen LogP contribution in [0.25, 0.3) is 0 Å². The van der Waals surface area contributed by atoms with E-state index in [2.05, 4.69) is 52.4 Å². The van der Waals surface area contributed by atoms with Crippen LogP contribution in [0.15, 0.2) is 51.9 Å². The van der Waals surface area contributed by atoms with Crippen molar-refractivity contribution in [1.82, 2.24) is 14.8 Å². The monoisotopic (exact) mass is 405 g/mol. The van der Waals surface area contributed by atoms with Gasteiger partial charge in [-0.05, 0) is 53.6 Å². The highest BCUT2D eigenvalue weighted by molar-refractivity contribution is 9.10. The molecule has 0 spiro atoms. The number of pyridine rings is 1. The van der Waals surface area contributed by atoms with Crippen molar-refractivity contribution in [3.8, 4) is 0 Å². The molecule has 5 nitrogen and oxygen atoms in total. The summed E-state index contributed by atoms with van der Waals surface area (Å²) in [7, 11) is 4.12. The molecule has 1 heterocycles. The van der Waals surface area contributed by atoms with Crippen LogP contribution >= 0.6 is 15.9 Å². The number of nitrogens with zero attached hydrogens (tertiary/aromatic N) is 2. The number of hydrogen-bond acceptors (Lipinski definition) is 3. The van der Waals surface area contributed by atoms with E-state index >= 15 is 0 Å². The Kier molecular flexibility index (Phi) is 7.40. The number of halogens is 1. The molecule has 1 aromatic carbocycles. The van der Waals surface area contributed by atoms with Gasteiger partial charge in [0, 0.05) is 42.8 Å². The van der Waals surface area contributed by atoms with E-state index < -0.39 is 0 Å². The molecule has 1 N–H and O–H groups in total. The molecule has 0 saturated carbocycles. The van der Waals surface area contributed by atoms with Gasteiger partial charge in [-0.2, -0.15) is 0 Å². The van der Waals surface area contributed by atoms with Gasteiger partial charge in [-0.3, -0.25) is 9.59 Å². The third-order valence-corrected chi connectivity index (χ3v) is 4.36. The second-order valence-corrected chi connectivity index (χ2v) is 7.19. The fraction of sp³-hybridized carbons (Fsp3) is 0.368. The number of nitrogens with one attached hydrogen (secondary N) is 1.